The number of nitrogens with zero attached hydrogens (tertiary/aromatic N) is 1. The van der Waals surface area contributed by atoms with Crippen LogP contribution in [0.25, 0.3) is 0 Å². The van der Waals surface area contributed by atoms with Crippen LogP contribution in [0.4, 0.5) is 0 Å². The summed E-state index contributed by atoms with van der Waals surface area (Å²) in [6.07, 6.45) is 0.280. The molecule has 5 heteroatoms. The van der Waals surface area contributed by atoms with Crippen molar-refractivity contribution in [2.45, 2.75) is 20.3 Å². The number of carbonyl (C=O) groups excluding carboxylic acids is 2. The van der Waals surface area contributed by atoms with Gasteiger partial charge in [-0.1, -0.05) is 35.8 Å². The van der Waals surface area contributed by atoms with Gasteiger partial charge in [-0.2, -0.15) is 0 Å². The third kappa shape index (κ3) is 3.15. The monoisotopic (exact) mass is 325 g/mol. The SMILES string of the molecule is CC1(C)CC(=O)N(CCOc2cccc(Br)c2)C1=O. The summed E-state index contributed by atoms with van der Waals surface area (Å²) in [4.78, 5) is 25.0. The number of carbonyl (C=O) groups is 2. The van der Waals surface area contributed by atoms with Crippen molar-refractivity contribution in [3.05, 3.63) is 28.7 Å². The molecule has 0 N–H and O–H groups in total. The average Bonchev–Trinajstić information content (AvgIpc) is 2.51. The second-order valence-electron chi connectivity index (χ2n) is 5.22. The van der Waals surface area contributed by atoms with E-state index < -0.39 is 5.41 Å². The minimum atomic E-state index is -0.577. The molecule has 19 heavy (non-hydrogen) atoms. The van der Waals surface area contributed by atoms with Gasteiger partial charge >= 0.3 is 0 Å². The summed E-state index contributed by atoms with van der Waals surface area (Å²) >= 11 is 3.36. The summed E-state index contributed by atoms with van der Waals surface area (Å²) in [6.45, 7) is 4.20. The van der Waals surface area contributed by atoms with E-state index in [1.165, 1.54) is 4.90 Å². The minimum Gasteiger partial charge on any atom is -0.492 e. The number of ether oxygens (including phenoxy) is 1. The van der Waals surface area contributed by atoms with Crippen molar-refractivity contribution < 1.29 is 14.3 Å². The van der Waals surface area contributed by atoms with Gasteiger partial charge in [0.1, 0.15) is 12.4 Å². The normalized spacial score (nSPS) is 17.9. The van der Waals surface area contributed by atoms with Crippen LogP contribution in [0, 0.1) is 5.41 Å². The van der Waals surface area contributed by atoms with Crippen molar-refractivity contribution in [3.8, 4) is 5.75 Å². The van der Waals surface area contributed by atoms with Crippen LogP contribution in [-0.4, -0.2) is 29.9 Å². The van der Waals surface area contributed by atoms with Crippen LogP contribution in [-0.2, 0) is 9.59 Å². The van der Waals surface area contributed by atoms with Gasteiger partial charge < -0.3 is 4.74 Å². The van der Waals surface area contributed by atoms with Gasteiger partial charge in [0, 0.05) is 10.9 Å². The lowest BCUT2D eigenvalue weighted by atomic mass is 9.92. The van der Waals surface area contributed by atoms with Crippen molar-refractivity contribution in [2.24, 2.45) is 5.41 Å². The molecule has 1 heterocycles. The van der Waals surface area contributed by atoms with Crippen LogP contribution in [0.1, 0.15) is 20.3 Å². The first-order valence-corrected chi connectivity index (χ1v) is 6.92. The van der Waals surface area contributed by atoms with Crippen molar-refractivity contribution >= 4 is 27.7 Å². The summed E-state index contributed by atoms with van der Waals surface area (Å²) in [5.74, 6) is 0.482. The maximum Gasteiger partial charge on any atom is 0.235 e. The summed E-state index contributed by atoms with van der Waals surface area (Å²) in [5, 5.41) is 0. The third-order valence-corrected chi connectivity index (χ3v) is 3.59. The molecule has 1 aromatic rings. The molecule has 0 radical (unpaired) electrons. The fraction of sp³-hybridized carbons (Fsp3) is 0.429. The Morgan fingerprint density at radius 3 is 2.68 bits per heavy atom. The lowest BCUT2D eigenvalue weighted by Gasteiger charge is -2.17. The zero-order valence-electron chi connectivity index (χ0n) is 11.0. The quantitative estimate of drug-likeness (QED) is 0.799. The van der Waals surface area contributed by atoms with Gasteiger partial charge in [-0.15, -0.1) is 0 Å². The molecule has 1 fully saturated rings. The summed E-state index contributed by atoms with van der Waals surface area (Å²) in [6, 6.07) is 7.46. The van der Waals surface area contributed by atoms with Gasteiger partial charge in [-0.3, -0.25) is 14.5 Å². The summed E-state index contributed by atoms with van der Waals surface area (Å²) < 4.78 is 6.47. The summed E-state index contributed by atoms with van der Waals surface area (Å²) in [5.41, 5.74) is -0.577. The van der Waals surface area contributed by atoms with E-state index in [4.69, 9.17) is 4.74 Å². The van der Waals surface area contributed by atoms with E-state index in [0.717, 1.165) is 4.47 Å². The van der Waals surface area contributed by atoms with E-state index in [1.807, 2.05) is 24.3 Å². The Morgan fingerprint density at radius 1 is 1.37 bits per heavy atom. The molecule has 1 aromatic carbocycles. The largest absolute Gasteiger partial charge is 0.492 e. The van der Waals surface area contributed by atoms with Crippen molar-refractivity contribution in [1.82, 2.24) is 4.90 Å². The molecule has 4 nitrogen and oxygen atoms in total. The van der Waals surface area contributed by atoms with Crippen LogP contribution in [0.2, 0.25) is 0 Å². The first-order chi connectivity index (χ1) is 8.90. The number of rotatable bonds is 4. The van der Waals surface area contributed by atoms with E-state index in [2.05, 4.69) is 15.9 Å². The van der Waals surface area contributed by atoms with Crippen LogP contribution in [0.3, 0.4) is 0 Å². The van der Waals surface area contributed by atoms with E-state index >= 15 is 0 Å². The number of hydrogen-bond acceptors (Lipinski definition) is 3. The lowest BCUT2D eigenvalue weighted by Crippen LogP contribution is -2.36. The molecule has 1 aliphatic rings. The van der Waals surface area contributed by atoms with Crippen LogP contribution < -0.4 is 4.74 Å². The lowest BCUT2D eigenvalue weighted by molar-refractivity contribution is -0.141. The number of imide groups is 1. The molecule has 0 saturated carbocycles. The van der Waals surface area contributed by atoms with Gasteiger partial charge in [-0.25, -0.2) is 0 Å². The molecular formula is C14H16BrNO3. The standard InChI is InChI=1S/C14H16BrNO3/c1-14(2)9-12(17)16(13(14)18)6-7-19-11-5-3-4-10(15)8-11/h3-5,8H,6-7,9H2,1-2H3. The van der Waals surface area contributed by atoms with Crippen molar-refractivity contribution in [3.63, 3.8) is 0 Å². The Labute approximate surface area is 120 Å². The molecule has 1 aliphatic heterocycles. The fourth-order valence-electron chi connectivity index (χ4n) is 2.07. The molecule has 0 aromatic heterocycles. The molecule has 0 atom stereocenters. The Hall–Kier alpha value is -1.36. The number of amides is 2. The number of likely N-dealkylation sites (tertiary alicyclic amines) is 1. The third-order valence-electron chi connectivity index (χ3n) is 3.10. The second kappa shape index (κ2) is 5.33. The van der Waals surface area contributed by atoms with E-state index in [9.17, 15) is 9.59 Å². The van der Waals surface area contributed by atoms with E-state index in [1.54, 1.807) is 13.8 Å². The molecule has 102 valence electrons. The molecule has 0 unspecified atom stereocenters. The predicted octanol–water partition coefficient (Wildman–Crippen LogP) is 2.61. The van der Waals surface area contributed by atoms with Gasteiger partial charge in [0.25, 0.3) is 0 Å². The summed E-state index contributed by atoms with van der Waals surface area (Å²) in [7, 11) is 0. The van der Waals surface area contributed by atoms with Gasteiger partial charge in [0.2, 0.25) is 11.8 Å². The zero-order valence-corrected chi connectivity index (χ0v) is 12.6. The fourth-order valence-corrected chi connectivity index (χ4v) is 2.44. The molecule has 0 bridgehead atoms. The number of benzene rings is 1. The molecule has 1 saturated heterocycles. The topological polar surface area (TPSA) is 46.6 Å². The second-order valence-corrected chi connectivity index (χ2v) is 6.13. The minimum absolute atomic E-state index is 0.115. The van der Waals surface area contributed by atoms with E-state index in [0.29, 0.717) is 18.9 Å². The molecular weight excluding hydrogens is 310 g/mol. The first kappa shape index (κ1) is 14.1. The Bertz CT molecular complexity index is 513. The maximum absolute atomic E-state index is 12.0. The number of halogens is 1. The van der Waals surface area contributed by atoms with Crippen LogP contribution in [0.15, 0.2) is 28.7 Å². The number of hydrogen-bond donors (Lipinski definition) is 0. The first-order valence-electron chi connectivity index (χ1n) is 6.13. The van der Waals surface area contributed by atoms with Crippen molar-refractivity contribution in [1.29, 1.82) is 0 Å². The molecule has 2 amide bonds. The van der Waals surface area contributed by atoms with Gasteiger partial charge in [0.15, 0.2) is 0 Å². The Balaban J connectivity index is 1.90. The maximum atomic E-state index is 12.0. The predicted molar refractivity (Wildman–Crippen MR) is 74.8 cm³/mol. The smallest absolute Gasteiger partial charge is 0.235 e. The van der Waals surface area contributed by atoms with E-state index in [-0.39, 0.29) is 18.2 Å². The highest BCUT2D eigenvalue weighted by Crippen LogP contribution is 2.31. The average molecular weight is 326 g/mol. The highest BCUT2D eigenvalue weighted by molar-refractivity contribution is 9.10. The Morgan fingerprint density at radius 2 is 2.11 bits per heavy atom. The van der Waals surface area contributed by atoms with Crippen LogP contribution in [0.5, 0.6) is 5.75 Å². The highest BCUT2D eigenvalue weighted by atomic mass is 79.9. The zero-order chi connectivity index (χ0) is 14.0. The van der Waals surface area contributed by atoms with Crippen molar-refractivity contribution in [2.75, 3.05) is 13.2 Å². The van der Waals surface area contributed by atoms with Gasteiger partial charge in [-0.05, 0) is 18.2 Å². The molecule has 2 rings (SSSR count). The van der Waals surface area contributed by atoms with Crippen LogP contribution >= 0.6 is 15.9 Å². The highest BCUT2D eigenvalue weighted by Gasteiger charge is 2.44. The Kier molecular flexibility index (Phi) is 3.94. The van der Waals surface area contributed by atoms with Gasteiger partial charge in [0.05, 0.1) is 12.0 Å². The molecule has 0 spiro atoms. The molecule has 0 aliphatic carbocycles.